The van der Waals surface area contributed by atoms with E-state index in [1.54, 1.807) is 26.0 Å². The summed E-state index contributed by atoms with van der Waals surface area (Å²) in [6, 6.07) is 8.35. The zero-order valence-electron chi connectivity index (χ0n) is 20.4. The number of nitrogens with one attached hydrogen (secondary N) is 2. The summed E-state index contributed by atoms with van der Waals surface area (Å²) in [5.41, 5.74) is 3.21. The predicted octanol–water partition coefficient (Wildman–Crippen LogP) is 2.48. The van der Waals surface area contributed by atoms with Gasteiger partial charge in [-0.2, -0.15) is 0 Å². The highest BCUT2D eigenvalue weighted by molar-refractivity contribution is 5.98. The number of aromatic nitrogens is 3. The third kappa shape index (κ3) is 4.40. The summed E-state index contributed by atoms with van der Waals surface area (Å²) in [6.45, 7) is 3.42. The summed E-state index contributed by atoms with van der Waals surface area (Å²) in [5, 5.41) is 18.5. The van der Waals surface area contributed by atoms with Crippen molar-refractivity contribution in [3.8, 4) is 0 Å². The van der Waals surface area contributed by atoms with E-state index in [0.29, 0.717) is 29.5 Å². The average molecular weight is 519 g/mol. The van der Waals surface area contributed by atoms with Gasteiger partial charge in [-0.15, -0.1) is 0 Å². The van der Waals surface area contributed by atoms with E-state index in [0.717, 1.165) is 15.5 Å². The fourth-order valence-corrected chi connectivity index (χ4v) is 4.72. The number of carboxylic acid groups (broad SMARTS) is 1. The van der Waals surface area contributed by atoms with E-state index in [4.69, 9.17) is 0 Å². The molecule has 2 heterocycles. The van der Waals surface area contributed by atoms with Gasteiger partial charge in [0.2, 0.25) is 0 Å². The molecule has 1 aliphatic rings. The van der Waals surface area contributed by atoms with Crippen LogP contribution < -0.4 is 16.4 Å². The summed E-state index contributed by atoms with van der Waals surface area (Å²) in [6.07, 6.45) is 1.10. The quantitative estimate of drug-likeness (QED) is 0.351. The van der Waals surface area contributed by atoms with Crippen molar-refractivity contribution in [2.45, 2.75) is 39.3 Å². The Morgan fingerprint density at radius 1 is 1.16 bits per heavy atom. The SMILES string of the molecule is Cc1cc(CNC(=O)c2cc(C(=O)N[C@H]3CCc4c3ccc(C(=O)O)c4C)n3c(=O)onc3n2)ccc1F. The lowest BCUT2D eigenvalue weighted by Gasteiger charge is -2.16. The second-order valence-corrected chi connectivity index (χ2v) is 9.05. The minimum atomic E-state index is -1.02. The van der Waals surface area contributed by atoms with E-state index >= 15 is 0 Å². The molecule has 1 aliphatic carbocycles. The largest absolute Gasteiger partial charge is 0.478 e. The van der Waals surface area contributed by atoms with E-state index in [-0.39, 0.29) is 35.1 Å². The number of benzene rings is 2. The molecule has 2 amide bonds. The molecule has 38 heavy (non-hydrogen) atoms. The first-order valence-corrected chi connectivity index (χ1v) is 11.7. The molecule has 11 nitrogen and oxygen atoms in total. The molecule has 0 bridgehead atoms. The fourth-order valence-electron chi connectivity index (χ4n) is 4.72. The number of fused-ring (bicyclic) bond motifs is 2. The first-order valence-electron chi connectivity index (χ1n) is 11.7. The highest BCUT2D eigenvalue weighted by Gasteiger charge is 2.29. The molecule has 194 valence electrons. The van der Waals surface area contributed by atoms with E-state index in [2.05, 4.69) is 25.3 Å². The molecule has 0 unspecified atom stereocenters. The minimum absolute atomic E-state index is 0.0799. The lowest BCUT2D eigenvalue weighted by molar-refractivity contribution is 0.0695. The summed E-state index contributed by atoms with van der Waals surface area (Å²) in [5.74, 6) is -3.89. The smallest absolute Gasteiger partial charge is 0.448 e. The molecule has 0 spiro atoms. The molecule has 1 atom stereocenters. The highest BCUT2D eigenvalue weighted by atomic mass is 19.1. The maximum Gasteiger partial charge on any atom is 0.448 e. The van der Waals surface area contributed by atoms with Gasteiger partial charge in [-0.25, -0.2) is 23.4 Å². The van der Waals surface area contributed by atoms with Crippen LogP contribution in [0.25, 0.3) is 5.78 Å². The third-order valence-corrected chi connectivity index (χ3v) is 6.69. The lowest BCUT2D eigenvalue weighted by Crippen LogP contribution is -2.32. The molecule has 4 aromatic rings. The van der Waals surface area contributed by atoms with Gasteiger partial charge in [-0.3, -0.25) is 14.1 Å². The van der Waals surface area contributed by atoms with E-state index in [1.165, 1.54) is 24.3 Å². The Bertz CT molecular complexity index is 1690. The fraction of sp³-hybridized carbons (Fsp3) is 0.231. The lowest BCUT2D eigenvalue weighted by atomic mass is 9.98. The molecule has 2 aromatic heterocycles. The van der Waals surface area contributed by atoms with Gasteiger partial charge in [0.25, 0.3) is 17.6 Å². The molecule has 5 rings (SSSR count). The standard InChI is InChI=1S/C26H22FN5O6/c1-12-9-14(3-7-18(12)27)11-28-22(33)20-10-21(32-25(30-20)31-38-26(32)37)23(34)29-19-8-6-15-13(2)16(24(35)36)4-5-17(15)19/h3-5,7,9-10,19H,6,8,11H2,1-2H3,(H,28,33)(H,29,34)(H,35,36)/t19-/m0/s1. The van der Waals surface area contributed by atoms with Gasteiger partial charge >= 0.3 is 11.7 Å². The predicted molar refractivity (Wildman–Crippen MR) is 130 cm³/mol. The number of hydrogen-bond acceptors (Lipinski definition) is 7. The average Bonchev–Trinajstić information content (AvgIpc) is 3.47. The Balaban J connectivity index is 1.41. The number of rotatable bonds is 6. The van der Waals surface area contributed by atoms with Crippen molar-refractivity contribution in [2.75, 3.05) is 0 Å². The number of aryl methyl sites for hydroxylation is 1. The van der Waals surface area contributed by atoms with E-state index in [1.807, 2.05) is 0 Å². The molecule has 12 heteroatoms. The molecule has 0 fully saturated rings. The third-order valence-electron chi connectivity index (χ3n) is 6.69. The van der Waals surface area contributed by atoms with Crippen LogP contribution in [0.1, 0.15) is 71.6 Å². The van der Waals surface area contributed by atoms with Crippen molar-refractivity contribution >= 4 is 23.6 Å². The van der Waals surface area contributed by atoms with E-state index < -0.39 is 29.6 Å². The van der Waals surface area contributed by atoms with Crippen molar-refractivity contribution in [1.29, 1.82) is 0 Å². The Morgan fingerprint density at radius 3 is 2.68 bits per heavy atom. The van der Waals surface area contributed by atoms with Crippen LogP contribution in [0.3, 0.4) is 0 Å². The zero-order chi connectivity index (χ0) is 27.1. The molecule has 2 aromatic carbocycles. The van der Waals surface area contributed by atoms with Gasteiger partial charge < -0.3 is 15.7 Å². The van der Waals surface area contributed by atoms with Crippen LogP contribution in [0.5, 0.6) is 0 Å². The van der Waals surface area contributed by atoms with Gasteiger partial charge in [-0.05, 0) is 77.9 Å². The Kier molecular flexibility index (Phi) is 6.23. The molecule has 0 aliphatic heterocycles. The van der Waals surface area contributed by atoms with Gasteiger partial charge in [0, 0.05) is 6.54 Å². The zero-order valence-corrected chi connectivity index (χ0v) is 20.4. The maximum atomic E-state index is 13.5. The van der Waals surface area contributed by atoms with Crippen LogP contribution in [0.4, 0.5) is 4.39 Å². The number of hydrogen-bond donors (Lipinski definition) is 3. The van der Waals surface area contributed by atoms with Gasteiger partial charge in [0.1, 0.15) is 17.2 Å². The Hall–Kier alpha value is -4.87. The number of halogens is 1. The van der Waals surface area contributed by atoms with Crippen molar-refractivity contribution in [3.63, 3.8) is 0 Å². The van der Waals surface area contributed by atoms with Crippen LogP contribution in [0.2, 0.25) is 0 Å². The van der Waals surface area contributed by atoms with Crippen LogP contribution in [-0.4, -0.2) is 37.4 Å². The second kappa shape index (κ2) is 9.54. The van der Waals surface area contributed by atoms with Gasteiger partial charge in [0.05, 0.1) is 11.6 Å². The molecular formula is C26H22FN5O6. The number of nitrogens with zero attached hydrogens (tertiary/aromatic N) is 3. The topological polar surface area (TPSA) is 156 Å². The first-order chi connectivity index (χ1) is 18.1. The van der Waals surface area contributed by atoms with Crippen LogP contribution in [-0.2, 0) is 13.0 Å². The molecule has 3 N–H and O–H groups in total. The van der Waals surface area contributed by atoms with E-state index in [9.17, 15) is 28.7 Å². The van der Waals surface area contributed by atoms with Crippen molar-refractivity contribution in [1.82, 2.24) is 25.2 Å². The molecule has 0 saturated heterocycles. The molecule has 0 radical (unpaired) electrons. The van der Waals surface area contributed by atoms with Crippen LogP contribution in [0.15, 0.2) is 45.7 Å². The monoisotopic (exact) mass is 519 g/mol. The Morgan fingerprint density at radius 2 is 1.95 bits per heavy atom. The number of carbonyl (C=O) groups is 3. The summed E-state index contributed by atoms with van der Waals surface area (Å²) >= 11 is 0. The summed E-state index contributed by atoms with van der Waals surface area (Å²) in [7, 11) is 0. The van der Waals surface area contributed by atoms with Crippen LogP contribution >= 0.6 is 0 Å². The number of carbonyl (C=O) groups excluding carboxylic acids is 2. The molecular weight excluding hydrogens is 497 g/mol. The van der Waals surface area contributed by atoms with Crippen LogP contribution in [0, 0.1) is 19.7 Å². The highest BCUT2D eigenvalue weighted by Crippen LogP contribution is 2.34. The van der Waals surface area contributed by atoms with Crippen molar-refractivity contribution < 1.29 is 28.4 Å². The second-order valence-electron chi connectivity index (χ2n) is 9.05. The van der Waals surface area contributed by atoms with Gasteiger partial charge in [-0.1, -0.05) is 18.2 Å². The minimum Gasteiger partial charge on any atom is -0.478 e. The van der Waals surface area contributed by atoms with Gasteiger partial charge in [0.15, 0.2) is 0 Å². The number of carboxylic acids is 1. The van der Waals surface area contributed by atoms with Crippen molar-refractivity contribution in [2.24, 2.45) is 0 Å². The number of aromatic carboxylic acids is 1. The Labute approximate surface area is 214 Å². The number of amides is 2. The summed E-state index contributed by atoms with van der Waals surface area (Å²) < 4.78 is 19.1. The molecule has 0 saturated carbocycles. The van der Waals surface area contributed by atoms with Crippen molar-refractivity contribution in [3.05, 3.63) is 97.5 Å². The maximum absolute atomic E-state index is 13.5. The first kappa shape index (κ1) is 24.8. The normalized spacial score (nSPS) is 14.3. The summed E-state index contributed by atoms with van der Waals surface area (Å²) in [4.78, 5) is 54.0.